The number of hydrogen-bond donors (Lipinski definition) is 2. The molecule has 0 amide bonds. The van der Waals surface area contributed by atoms with E-state index in [0.717, 1.165) is 16.6 Å². The van der Waals surface area contributed by atoms with E-state index in [1.807, 2.05) is 30.3 Å². The van der Waals surface area contributed by atoms with Crippen molar-refractivity contribution in [2.75, 3.05) is 0 Å². The summed E-state index contributed by atoms with van der Waals surface area (Å²) in [4.78, 5) is 11.3. The molecule has 0 spiro atoms. The van der Waals surface area contributed by atoms with E-state index in [9.17, 15) is 5.11 Å². The number of nitrogens with one attached hydrogen (secondary N) is 1. The van der Waals surface area contributed by atoms with Crippen LogP contribution in [0.4, 0.5) is 0 Å². The third-order valence-electron chi connectivity index (χ3n) is 2.63. The third kappa shape index (κ3) is 1.96. The molecule has 88 valence electrons. The maximum Gasteiger partial charge on any atom is 0.173 e. The molecule has 0 aliphatic carbocycles. The molecule has 0 aliphatic rings. The Bertz CT molecular complexity index is 668. The summed E-state index contributed by atoms with van der Waals surface area (Å²) < 4.78 is 0. The first kappa shape index (κ1) is 10.5. The van der Waals surface area contributed by atoms with Crippen molar-refractivity contribution in [2.24, 2.45) is 0 Å². The number of aromatic amines is 1. The molecule has 0 radical (unpaired) electrons. The van der Waals surface area contributed by atoms with Crippen molar-refractivity contribution in [1.29, 1.82) is 0 Å². The van der Waals surface area contributed by atoms with Gasteiger partial charge in [0.2, 0.25) is 0 Å². The zero-order valence-electron chi connectivity index (χ0n) is 9.54. The number of aliphatic hydroxyl groups is 1. The lowest BCUT2D eigenvalue weighted by atomic mass is 10.2. The number of pyridine rings is 1. The van der Waals surface area contributed by atoms with Gasteiger partial charge in [-0.05, 0) is 17.7 Å². The van der Waals surface area contributed by atoms with E-state index >= 15 is 0 Å². The average molecular weight is 237 g/mol. The van der Waals surface area contributed by atoms with E-state index in [2.05, 4.69) is 15.0 Å². The van der Waals surface area contributed by atoms with Crippen LogP contribution in [-0.4, -0.2) is 20.1 Å². The normalized spacial score (nSPS) is 11.9. The second-order valence-electron chi connectivity index (χ2n) is 3.92. The molecule has 0 bridgehead atoms. The second-order valence-corrected chi connectivity index (χ2v) is 3.92. The van der Waals surface area contributed by atoms with Gasteiger partial charge in [0, 0.05) is 6.20 Å². The lowest BCUT2D eigenvalue weighted by molar-refractivity contribution is 0.510. The molecule has 3 rings (SSSR count). The largest absolute Gasteiger partial charge is 0.504 e. The van der Waals surface area contributed by atoms with Crippen LogP contribution in [-0.2, 0) is 0 Å². The topological polar surface area (TPSA) is 61.8 Å². The molecule has 0 unspecified atom stereocenters. The molecule has 0 fully saturated rings. The molecule has 1 aromatic carbocycles. The number of fused-ring (bicyclic) bond motifs is 1. The smallest absolute Gasteiger partial charge is 0.173 e. The summed E-state index contributed by atoms with van der Waals surface area (Å²) in [6.45, 7) is 0. The van der Waals surface area contributed by atoms with Gasteiger partial charge in [0.25, 0.3) is 0 Å². The second kappa shape index (κ2) is 4.33. The predicted octanol–water partition coefficient (Wildman–Crippen LogP) is 3.01. The zero-order chi connectivity index (χ0) is 12.4. The third-order valence-corrected chi connectivity index (χ3v) is 2.63. The van der Waals surface area contributed by atoms with Crippen molar-refractivity contribution in [2.45, 2.75) is 0 Å². The predicted molar refractivity (Wildman–Crippen MR) is 70.8 cm³/mol. The molecule has 4 nitrogen and oxygen atoms in total. The van der Waals surface area contributed by atoms with Gasteiger partial charge in [-0.25, -0.2) is 4.98 Å². The highest BCUT2D eigenvalue weighted by Crippen LogP contribution is 2.16. The quantitative estimate of drug-likeness (QED) is 0.673. The fraction of sp³-hybridized carbons (Fsp3) is 0. The first-order valence-electron chi connectivity index (χ1n) is 5.59. The summed E-state index contributed by atoms with van der Waals surface area (Å²) in [5.41, 5.74) is 2.52. The molecule has 0 saturated heterocycles. The van der Waals surface area contributed by atoms with E-state index < -0.39 is 0 Å². The van der Waals surface area contributed by atoms with E-state index in [0.29, 0.717) is 5.82 Å². The summed E-state index contributed by atoms with van der Waals surface area (Å²) >= 11 is 0. The van der Waals surface area contributed by atoms with Crippen LogP contribution in [0, 0.1) is 0 Å². The number of rotatable bonds is 2. The van der Waals surface area contributed by atoms with Crippen LogP contribution in [0.2, 0.25) is 0 Å². The average Bonchev–Trinajstić information content (AvgIpc) is 2.84. The molecule has 0 atom stereocenters. The number of H-pyrrole nitrogens is 1. The first-order chi connectivity index (χ1) is 8.83. The van der Waals surface area contributed by atoms with Gasteiger partial charge in [-0.1, -0.05) is 30.3 Å². The SMILES string of the molecule is O/C(=C\c1ccccc1)c1nc2ccncc2[nH]1. The minimum absolute atomic E-state index is 0.109. The fourth-order valence-electron chi connectivity index (χ4n) is 1.75. The Labute approximate surface area is 104 Å². The molecule has 0 aliphatic heterocycles. The highest BCUT2D eigenvalue weighted by atomic mass is 16.3. The number of benzene rings is 1. The van der Waals surface area contributed by atoms with Gasteiger partial charge in [0.15, 0.2) is 11.6 Å². The van der Waals surface area contributed by atoms with Crippen molar-refractivity contribution in [1.82, 2.24) is 15.0 Å². The molecule has 3 aromatic rings. The van der Waals surface area contributed by atoms with Crippen LogP contribution in [0.1, 0.15) is 11.4 Å². The Kier molecular flexibility index (Phi) is 2.53. The van der Waals surface area contributed by atoms with Crippen LogP contribution in [0.25, 0.3) is 22.9 Å². The maximum absolute atomic E-state index is 10.0. The van der Waals surface area contributed by atoms with Crippen molar-refractivity contribution in [3.63, 3.8) is 0 Å². The van der Waals surface area contributed by atoms with Crippen molar-refractivity contribution < 1.29 is 5.11 Å². The van der Waals surface area contributed by atoms with Gasteiger partial charge >= 0.3 is 0 Å². The van der Waals surface area contributed by atoms with Gasteiger partial charge in [0.05, 0.1) is 17.2 Å². The van der Waals surface area contributed by atoms with E-state index in [-0.39, 0.29) is 5.76 Å². The lowest BCUT2D eigenvalue weighted by Gasteiger charge is -1.95. The number of hydrogen-bond acceptors (Lipinski definition) is 3. The van der Waals surface area contributed by atoms with Crippen molar-refractivity contribution in [3.8, 4) is 0 Å². The Balaban J connectivity index is 2.01. The highest BCUT2D eigenvalue weighted by molar-refractivity contribution is 5.80. The molecular weight excluding hydrogens is 226 g/mol. The number of imidazole rings is 1. The molecule has 4 heteroatoms. The molecule has 2 heterocycles. The Morgan fingerprint density at radius 1 is 1.17 bits per heavy atom. The molecule has 2 N–H and O–H groups in total. The van der Waals surface area contributed by atoms with Gasteiger partial charge < -0.3 is 10.1 Å². The standard InChI is InChI=1S/C14H11N3O/c18-13(8-10-4-2-1-3-5-10)14-16-11-6-7-15-9-12(11)17-14/h1-9,18H,(H,16,17)/b13-8-. The fourth-order valence-corrected chi connectivity index (χ4v) is 1.75. The van der Waals surface area contributed by atoms with Gasteiger partial charge in [-0.3, -0.25) is 4.98 Å². The zero-order valence-corrected chi connectivity index (χ0v) is 9.54. The summed E-state index contributed by atoms with van der Waals surface area (Å²) in [5.74, 6) is 0.555. The molecule has 18 heavy (non-hydrogen) atoms. The summed E-state index contributed by atoms with van der Waals surface area (Å²) in [6.07, 6.45) is 5.03. The number of aromatic nitrogens is 3. The minimum Gasteiger partial charge on any atom is -0.504 e. The summed E-state index contributed by atoms with van der Waals surface area (Å²) in [5, 5.41) is 10.0. The van der Waals surface area contributed by atoms with E-state index in [1.165, 1.54) is 0 Å². The van der Waals surface area contributed by atoms with Crippen LogP contribution in [0.3, 0.4) is 0 Å². The monoisotopic (exact) mass is 237 g/mol. The number of aliphatic hydroxyl groups excluding tert-OH is 1. The Morgan fingerprint density at radius 2 is 2.00 bits per heavy atom. The number of nitrogens with zero attached hydrogens (tertiary/aromatic N) is 2. The van der Waals surface area contributed by atoms with E-state index in [1.54, 1.807) is 24.5 Å². The lowest BCUT2D eigenvalue weighted by Crippen LogP contribution is -1.85. The van der Waals surface area contributed by atoms with Gasteiger partial charge in [0.1, 0.15) is 0 Å². The van der Waals surface area contributed by atoms with Gasteiger partial charge in [-0.15, -0.1) is 0 Å². The van der Waals surface area contributed by atoms with Crippen LogP contribution in [0.5, 0.6) is 0 Å². The molecule has 2 aromatic heterocycles. The van der Waals surface area contributed by atoms with E-state index in [4.69, 9.17) is 0 Å². The van der Waals surface area contributed by atoms with Crippen LogP contribution in [0.15, 0.2) is 48.8 Å². The summed E-state index contributed by atoms with van der Waals surface area (Å²) in [7, 11) is 0. The van der Waals surface area contributed by atoms with Crippen LogP contribution >= 0.6 is 0 Å². The van der Waals surface area contributed by atoms with Crippen molar-refractivity contribution >= 4 is 22.9 Å². The Hall–Kier alpha value is -2.62. The first-order valence-corrected chi connectivity index (χ1v) is 5.59. The molecule has 0 saturated carbocycles. The van der Waals surface area contributed by atoms with Crippen LogP contribution < -0.4 is 0 Å². The van der Waals surface area contributed by atoms with Crippen molar-refractivity contribution in [3.05, 3.63) is 60.2 Å². The Morgan fingerprint density at radius 3 is 2.78 bits per heavy atom. The summed E-state index contributed by atoms with van der Waals surface area (Å²) in [6, 6.07) is 11.4. The minimum atomic E-state index is 0.109. The maximum atomic E-state index is 10.0. The molecular formula is C14H11N3O. The highest BCUT2D eigenvalue weighted by Gasteiger charge is 2.06. The van der Waals surface area contributed by atoms with Gasteiger partial charge in [-0.2, -0.15) is 0 Å².